The molecule has 1 rings (SSSR count). The molecule has 1 heterocycles. The number of carbonyl (C=O) groups is 1. The van der Waals surface area contributed by atoms with Crippen molar-refractivity contribution in [2.75, 3.05) is 6.54 Å². The van der Waals surface area contributed by atoms with Crippen LogP contribution in [0.1, 0.15) is 26.3 Å². The van der Waals surface area contributed by atoms with Gasteiger partial charge < -0.3 is 15.3 Å². The summed E-state index contributed by atoms with van der Waals surface area (Å²) in [5.41, 5.74) is 0.512. The van der Waals surface area contributed by atoms with E-state index >= 15 is 0 Å². The topological polar surface area (TPSA) is 65.3 Å². The lowest BCUT2D eigenvalue weighted by atomic mass is 10.2. The quantitative estimate of drug-likeness (QED) is 0.639. The van der Waals surface area contributed by atoms with Crippen molar-refractivity contribution >= 4 is 6.09 Å². The normalized spacial score (nSPS) is 11.0. The van der Waals surface area contributed by atoms with E-state index in [1.807, 2.05) is 20.8 Å². The van der Waals surface area contributed by atoms with E-state index in [2.05, 4.69) is 5.32 Å². The minimum atomic E-state index is -0.481. The van der Waals surface area contributed by atoms with Gasteiger partial charge in [0.1, 0.15) is 5.60 Å². The summed E-state index contributed by atoms with van der Waals surface area (Å²) in [6.45, 7) is 5.93. The van der Waals surface area contributed by atoms with Crippen LogP contribution in [-0.2, 0) is 11.2 Å². The summed E-state index contributed by atoms with van der Waals surface area (Å²) in [6, 6.07) is 3.45. The molecule has 0 saturated heterocycles. The summed E-state index contributed by atoms with van der Waals surface area (Å²) in [6.07, 6.45) is 3.11. The number of hydrogen-bond acceptors (Lipinski definition) is 3. The van der Waals surface area contributed by atoms with E-state index in [4.69, 9.17) is 4.74 Å². The Bertz CT molecular complexity index is 368. The lowest BCUT2D eigenvalue weighted by molar-refractivity contribution is -0.605. The molecule has 0 aliphatic heterocycles. The Morgan fingerprint density at radius 3 is 2.53 bits per heavy atom. The van der Waals surface area contributed by atoms with Crippen LogP contribution < -0.4 is 10.0 Å². The number of amides is 1. The van der Waals surface area contributed by atoms with Gasteiger partial charge in [0.25, 0.3) is 0 Å². The lowest BCUT2D eigenvalue weighted by Gasteiger charge is -2.19. The number of hydrogen-bond donors (Lipinski definition) is 1. The number of alkyl carbamates (subject to hydrolysis) is 1. The standard InChI is InChI=1S/C12H18N2O3/c1-12(2,3)17-11(15)13-7-4-10-5-8-14(16)9-6-10/h5-6,8-9H,4,7H2,1-3H3,(H,13,15). The molecule has 1 amide bonds. The fraction of sp³-hybridized carbons (Fsp3) is 0.500. The second kappa shape index (κ2) is 5.52. The molecule has 0 spiro atoms. The number of aromatic nitrogens is 1. The van der Waals surface area contributed by atoms with Gasteiger partial charge >= 0.3 is 6.09 Å². The number of pyridine rings is 1. The predicted molar refractivity (Wildman–Crippen MR) is 63.3 cm³/mol. The third kappa shape index (κ3) is 5.75. The molecule has 0 unspecified atom stereocenters. The Morgan fingerprint density at radius 2 is 2.00 bits per heavy atom. The molecule has 0 saturated carbocycles. The van der Waals surface area contributed by atoms with Crippen LogP contribution in [0.15, 0.2) is 24.5 Å². The minimum Gasteiger partial charge on any atom is -0.619 e. The number of ether oxygens (including phenoxy) is 1. The first-order valence-corrected chi connectivity index (χ1v) is 5.51. The van der Waals surface area contributed by atoms with Crippen LogP contribution >= 0.6 is 0 Å². The molecule has 5 nitrogen and oxygen atoms in total. The molecule has 5 heteroatoms. The highest BCUT2D eigenvalue weighted by atomic mass is 16.6. The number of rotatable bonds is 3. The van der Waals surface area contributed by atoms with E-state index in [1.54, 1.807) is 12.1 Å². The van der Waals surface area contributed by atoms with Gasteiger partial charge in [-0.05, 0) is 32.8 Å². The monoisotopic (exact) mass is 238 g/mol. The first-order chi connectivity index (χ1) is 7.87. The van der Waals surface area contributed by atoms with E-state index in [9.17, 15) is 10.0 Å². The van der Waals surface area contributed by atoms with Gasteiger partial charge in [-0.15, -0.1) is 0 Å². The highest BCUT2D eigenvalue weighted by molar-refractivity contribution is 5.67. The van der Waals surface area contributed by atoms with E-state index in [1.165, 1.54) is 12.4 Å². The lowest BCUT2D eigenvalue weighted by Crippen LogP contribution is -2.33. The van der Waals surface area contributed by atoms with Gasteiger partial charge in [0.05, 0.1) is 0 Å². The van der Waals surface area contributed by atoms with Crippen molar-refractivity contribution in [3.8, 4) is 0 Å². The maximum atomic E-state index is 11.3. The predicted octanol–water partition coefficient (Wildman–Crippen LogP) is 1.39. The third-order valence-electron chi connectivity index (χ3n) is 1.95. The summed E-state index contributed by atoms with van der Waals surface area (Å²) < 4.78 is 5.82. The zero-order chi connectivity index (χ0) is 12.9. The molecule has 1 aromatic rings. The van der Waals surface area contributed by atoms with Gasteiger partial charge in [-0.1, -0.05) is 0 Å². The summed E-state index contributed by atoms with van der Waals surface area (Å²) in [4.78, 5) is 11.3. The molecule has 17 heavy (non-hydrogen) atoms. The van der Waals surface area contributed by atoms with Gasteiger partial charge in [0, 0.05) is 18.7 Å². The molecule has 0 fully saturated rings. The fourth-order valence-electron chi connectivity index (χ4n) is 1.23. The summed E-state index contributed by atoms with van der Waals surface area (Å²) >= 11 is 0. The number of carbonyl (C=O) groups excluding carboxylic acids is 1. The highest BCUT2D eigenvalue weighted by Crippen LogP contribution is 2.06. The first-order valence-electron chi connectivity index (χ1n) is 5.51. The van der Waals surface area contributed by atoms with E-state index in [0.29, 0.717) is 13.0 Å². The first kappa shape index (κ1) is 13.3. The molecular formula is C12H18N2O3. The van der Waals surface area contributed by atoms with Crippen LogP contribution in [0.25, 0.3) is 0 Å². The molecule has 0 radical (unpaired) electrons. The van der Waals surface area contributed by atoms with Gasteiger partial charge in [0.15, 0.2) is 12.4 Å². The number of nitrogens with one attached hydrogen (secondary N) is 1. The zero-order valence-electron chi connectivity index (χ0n) is 10.4. The summed E-state index contributed by atoms with van der Waals surface area (Å²) in [5.74, 6) is 0. The second-order valence-corrected chi connectivity index (χ2v) is 4.74. The highest BCUT2D eigenvalue weighted by Gasteiger charge is 2.15. The van der Waals surface area contributed by atoms with E-state index in [0.717, 1.165) is 10.3 Å². The molecule has 94 valence electrons. The molecule has 1 aromatic heterocycles. The van der Waals surface area contributed by atoms with Gasteiger partial charge in [-0.2, -0.15) is 4.73 Å². The van der Waals surface area contributed by atoms with E-state index < -0.39 is 11.7 Å². The smallest absolute Gasteiger partial charge is 0.407 e. The van der Waals surface area contributed by atoms with Crippen LogP contribution in [0.2, 0.25) is 0 Å². The molecule has 0 aliphatic carbocycles. The van der Waals surface area contributed by atoms with Crippen LogP contribution in [-0.4, -0.2) is 18.2 Å². The Kier molecular flexibility index (Phi) is 4.31. The van der Waals surface area contributed by atoms with Crippen molar-refractivity contribution in [3.05, 3.63) is 35.3 Å². The molecule has 1 N–H and O–H groups in total. The van der Waals surface area contributed by atoms with Crippen LogP contribution in [0.3, 0.4) is 0 Å². The molecular weight excluding hydrogens is 220 g/mol. The van der Waals surface area contributed by atoms with Gasteiger partial charge in [-0.25, -0.2) is 4.79 Å². The van der Waals surface area contributed by atoms with Gasteiger partial charge in [-0.3, -0.25) is 0 Å². The largest absolute Gasteiger partial charge is 0.619 e. The van der Waals surface area contributed by atoms with Crippen molar-refractivity contribution < 1.29 is 14.3 Å². The van der Waals surface area contributed by atoms with Crippen molar-refractivity contribution in [1.82, 2.24) is 5.32 Å². The van der Waals surface area contributed by atoms with Crippen LogP contribution in [0.5, 0.6) is 0 Å². The molecule has 0 bridgehead atoms. The van der Waals surface area contributed by atoms with Crippen molar-refractivity contribution in [1.29, 1.82) is 0 Å². The van der Waals surface area contributed by atoms with Gasteiger partial charge in [0.2, 0.25) is 0 Å². The van der Waals surface area contributed by atoms with Crippen molar-refractivity contribution in [2.24, 2.45) is 0 Å². The van der Waals surface area contributed by atoms with E-state index in [-0.39, 0.29) is 0 Å². The Labute approximate surface area is 101 Å². The average molecular weight is 238 g/mol. The Balaban J connectivity index is 2.28. The fourth-order valence-corrected chi connectivity index (χ4v) is 1.23. The minimum absolute atomic E-state index is 0.424. The zero-order valence-corrected chi connectivity index (χ0v) is 10.4. The summed E-state index contributed by atoms with van der Waals surface area (Å²) in [5, 5.41) is 13.4. The molecule has 0 aliphatic rings. The Morgan fingerprint density at radius 1 is 1.41 bits per heavy atom. The Hall–Kier alpha value is -1.78. The number of nitrogens with zero attached hydrogens (tertiary/aromatic N) is 1. The SMILES string of the molecule is CC(C)(C)OC(=O)NCCc1cc[n+]([O-])cc1. The van der Waals surface area contributed by atoms with Crippen molar-refractivity contribution in [2.45, 2.75) is 32.8 Å². The van der Waals surface area contributed by atoms with Crippen molar-refractivity contribution in [3.63, 3.8) is 0 Å². The van der Waals surface area contributed by atoms with Crippen LogP contribution in [0, 0.1) is 5.21 Å². The average Bonchev–Trinajstić information content (AvgIpc) is 2.18. The third-order valence-corrected chi connectivity index (χ3v) is 1.95. The molecule has 0 aromatic carbocycles. The van der Waals surface area contributed by atoms with Crippen LogP contribution in [0.4, 0.5) is 4.79 Å². The maximum Gasteiger partial charge on any atom is 0.407 e. The molecule has 0 atom stereocenters. The second-order valence-electron chi connectivity index (χ2n) is 4.74. The summed E-state index contributed by atoms with van der Waals surface area (Å²) in [7, 11) is 0. The maximum absolute atomic E-state index is 11.3.